The molecule has 0 unspecified atom stereocenters. The van der Waals surface area contributed by atoms with Crippen LogP contribution in [-0.4, -0.2) is 32.3 Å². The summed E-state index contributed by atoms with van der Waals surface area (Å²) in [5, 5.41) is 5.52. The normalized spacial score (nSPS) is 10.2. The van der Waals surface area contributed by atoms with Crippen LogP contribution in [0.2, 0.25) is 0 Å². The molecule has 0 aromatic heterocycles. The van der Waals surface area contributed by atoms with Crippen molar-refractivity contribution in [2.45, 2.75) is 20.8 Å². The third kappa shape index (κ3) is 6.87. The lowest BCUT2D eigenvalue weighted by Crippen LogP contribution is -2.39. The molecule has 20 heavy (non-hydrogen) atoms. The van der Waals surface area contributed by atoms with Crippen molar-refractivity contribution in [1.29, 1.82) is 0 Å². The number of amides is 2. The molecule has 0 heterocycles. The highest BCUT2D eigenvalue weighted by atomic mass is 16.5. The summed E-state index contributed by atoms with van der Waals surface area (Å²) in [6.45, 7) is 8.22. The van der Waals surface area contributed by atoms with Gasteiger partial charge in [0.25, 0.3) is 0 Å². The van der Waals surface area contributed by atoms with E-state index in [0.29, 0.717) is 32.2 Å². The molecular weight excluding hydrogens is 256 g/mol. The molecule has 0 saturated heterocycles. The minimum Gasteiger partial charge on any atom is -0.494 e. The number of hydrogen-bond acceptors (Lipinski definition) is 3. The Morgan fingerprint density at radius 2 is 1.90 bits per heavy atom. The molecular formula is C15H24N2O3. The highest BCUT2D eigenvalue weighted by Crippen LogP contribution is 2.18. The molecule has 1 aromatic carbocycles. The standard InChI is InChI=1S/C15H24N2O3/c1-4-19-13-6-5-7-14(10-13)20-9-8-16-15(18)17-11-12(2)3/h5-7,10,12H,4,8-9,11H2,1-3H3,(H2,16,17,18). The Hall–Kier alpha value is -1.91. The van der Waals surface area contributed by atoms with Gasteiger partial charge in [-0.1, -0.05) is 19.9 Å². The summed E-state index contributed by atoms with van der Waals surface area (Å²) in [6.07, 6.45) is 0. The Morgan fingerprint density at radius 3 is 2.55 bits per heavy atom. The summed E-state index contributed by atoms with van der Waals surface area (Å²) in [6, 6.07) is 7.30. The molecule has 1 rings (SSSR count). The maximum atomic E-state index is 11.4. The van der Waals surface area contributed by atoms with Gasteiger partial charge in [-0.15, -0.1) is 0 Å². The summed E-state index contributed by atoms with van der Waals surface area (Å²) < 4.78 is 10.9. The van der Waals surface area contributed by atoms with Crippen LogP contribution in [0.4, 0.5) is 4.79 Å². The van der Waals surface area contributed by atoms with E-state index in [1.807, 2.05) is 31.2 Å². The summed E-state index contributed by atoms with van der Waals surface area (Å²) in [4.78, 5) is 11.4. The quantitative estimate of drug-likeness (QED) is 0.719. The van der Waals surface area contributed by atoms with Gasteiger partial charge in [-0.3, -0.25) is 0 Å². The second-order valence-corrected chi connectivity index (χ2v) is 4.79. The average molecular weight is 280 g/mol. The number of rotatable bonds is 8. The predicted octanol–water partition coefficient (Wildman–Crippen LogP) is 2.42. The van der Waals surface area contributed by atoms with E-state index in [4.69, 9.17) is 9.47 Å². The Bertz CT molecular complexity index is 408. The Morgan fingerprint density at radius 1 is 1.20 bits per heavy atom. The zero-order valence-electron chi connectivity index (χ0n) is 12.4. The summed E-state index contributed by atoms with van der Waals surface area (Å²) in [5.74, 6) is 1.96. The van der Waals surface area contributed by atoms with Crippen molar-refractivity contribution in [3.8, 4) is 11.5 Å². The molecule has 0 spiro atoms. The van der Waals surface area contributed by atoms with Crippen molar-refractivity contribution in [2.75, 3.05) is 26.3 Å². The largest absolute Gasteiger partial charge is 0.494 e. The van der Waals surface area contributed by atoms with Crippen LogP contribution in [0.15, 0.2) is 24.3 Å². The first kappa shape index (κ1) is 16.1. The van der Waals surface area contributed by atoms with Gasteiger partial charge in [-0.05, 0) is 25.0 Å². The van der Waals surface area contributed by atoms with Crippen molar-refractivity contribution in [2.24, 2.45) is 5.92 Å². The highest BCUT2D eigenvalue weighted by molar-refractivity contribution is 5.73. The van der Waals surface area contributed by atoms with Gasteiger partial charge >= 0.3 is 6.03 Å². The van der Waals surface area contributed by atoms with Gasteiger partial charge < -0.3 is 20.1 Å². The van der Waals surface area contributed by atoms with E-state index in [1.165, 1.54) is 0 Å². The fourth-order valence-electron chi connectivity index (χ4n) is 1.51. The monoisotopic (exact) mass is 280 g/mol. The van der Waals surface area contributed by atoms with E-state index < -0.39 is 0 Å². The van der Waals surface area contributed by atoms with Crippen molar-refractivity contribution >= 4 is 6.03 Å². The van der Waals surface area contributed by atoms with Gasteiger partial charge in [-0.25, -0.2) is 4.79 Å². The number of carbonyl (C=O) groups is 1. The fraction of sp³-hybridized carbons (Fsp3) is 0.533. The lowest BCUT2D eigenvalue weighted by molar-refractivity contribution is 0.235. The van der Waals surface area contributed by atoms with Crippen molar-refractivity contribution in [3.63, 3.8) is 0 Å². The van der Waals surface area contributed by atoms with Crippen LogP contribution in [-0.2, 0) is 0 Å². The fourth-order valence-corrected chi connectivity index (χ4v) is 1.51. The lowest BCUT2D eigenvalue weighted by Gasteiger charge is -2.11. The van der Waals surface area contributed by atoms with E-state index in [-0.39, 0.29) is 6.03 Å². The Labute approximate surface area is 120 Å². The van der Waals surface area contributed by atoms with Gasteiger partial charge in [0.1, 0.15) is 18.1 Å². The third-order valence-corrected chi connectivity index (χ3v) is 2.44. The second kappa shape index (κ2) is 9.07. The van der Waals surface area contributed by atoms with Crippen molar-refractivity contribution in [1.82, 2.24) is 10.6 Å². The van der Waals surface area contributed by atoms with Crippen LogP contribution >= 0.6 is 0 Å². The molecule has 2 N–H and O–H groups in total. The van der Waals surface area contributed by atoms with E-state index in [2.05, 4.69) is 24.5 Å². The molecule has 2 amide bonds. The van der Waals surface area contributed by atoms with E-state index >= 15 is 0 Å². The van der Waals surface area contributed by atoms with Crippen LogP contribution in [0.1, 0.15) is 20.8 Å². The first-order chi connectivity index (χ1) is 9.61. The van der Waals surface area contributed by atoms with E-state index in [1.54, 1.807) is 0 Å². The molecule has 0 radical (unpaired) electrons. The van der Waals surface area contributed by atoms with Crippen LogP contribution < -0.4 is 20.1 Å². The minimum atomic E-state index is -0.162. The number of carbonyl (C=O) groups excluding carboxylic acids is 1. The number of urea groups is 1. The molecule has 0 saturated carbocycles. The molecule has 5 heteroatoms. The molecule has 5 nitrogen and oxygen atoms in total. The maximum absolute atomic E-state index is 11.4. The minimum absolute atomic E-state index is 0.162. The predicted molar refractivity (Wildman–Crippen MR) is 79.3 cm³/mol. The van der Waals surface area contributed by atoms with Crippen LogP contribution in [0.3, 0.4) is 0 Å². The Balaban J connectivity index is 2.20. The smallest absolute Gasteiger partial charge is 0.314 e. The average Bonchev–Trinajstić information content (AvgIpc) is 2.42. The molecule has 0 aliphatic rings. The molecule has 0 bridgehead atoms. The van der Waals surface area contributed by atoms with Crippen LogP contribution in [0, 0.1) is 5.92 Å². The summed E-state index contributed by atoms with van der Waals surface area (Å²) in [7, 11) is 0. The van der Waals surface area contributed by atoms with Gasteiger partial charge in [0.15, 0.2) is 0 Å². The van der Waals surface area contributed by atoms with Gasteiger partial charge in [0.05, 0.1) is 13.2 Å². The van der Waals surface area contributed by atoms with Gasteiger partial charge in [0, 0.05) is 12.6 Å². The third-order valence-electron chi connectivity index (χ3n) is 2.44. The first-order valence-corrected chi connectivity index (χ1v) is 6.99. The number of ether oxygens (including phenoxy) is 2. The van der Waals surface area contributed by atoms with E-state index in [9.17, 15) is 4.79 Å². The lowest BCUT2D eigenvalue weighted by atomic mass is 10.2. The van der Waals surface area contributed by atoms with Gasteiger partial charge in [0.2, 0.25) is 0 Å². The number of hydrogen-bond donors (Lipinski definition) is 2. The van der Waals surface area contributed by atoms with E-state index in [0.717, 1.165) is 11.5 Å². The summed E-state index contributed by atoms with van der Waals surface area (Å²) >= 11 is 0. The SMILES string of the molecule is CCOc1cccc(OCCNC(=O)NCC(C)C)c1. The molecule has 0 aliphatic heterocycles. The summed E-state index contributed by atoms with van der Waals surface area (Å²) in [5.41, 5.74) is 0. The molecule has 0 aliphatic carbocycles. The molecule has 0 atom stereocenters. The van der Waals surface area contributed by atoms with Crippen LogP contribution in [0.5, 0.6) is 11.5 Å². The zero-order chi connectivity index (χ0) is 14.8. The maximum Gasteiger partial charge on any atom is 0.314 e. The highest BCUT2D eigenvalue weighted by Gasteiger charge is 2.01. The topological polar surface area (TPSA) is 59.6 Å². The van der Waals surface area contributed by atoms with Gasteiger partial charge in [-0.2, -0.15) is 0 Å². The van der Waals surface area contributed by atoms with Crippen molar-refractivity contribution in [3.05, 3.63) is 24.3 Å². The molecule has 1 aromatic rings. The Kier molecular flexibility index (Phi) is 7.32. The van der Waals surface area contributed by atoms with Crippen molar-refractivity contribution < 1.29 is 14.3 Å². The molecule has 0 fully saturated rings. The van der Waals surface area contributed by atoms with Crippen LogP contribution in [0.25, 0.3) is 0 Å². The zero-order valence-corrected chi connectivity index (χ0v) is 12.4. The molecule has 112 valence electrons. The number of nitrogens with one attached hydrogen (secondary N) is 2. The number of benzene rings is 1. The second-order valence-electron chi connectivity index (χ2n) is 4.79. The first-order valence-electron chi connectivity index (χ1n) is 6.99.